The van der Waals surface area contributed by atoms with E-state index in [9.17, 15) is 9.59 Å². The Labute approximate surface area is 224 Å². The maximum absolute atomic E-state index is 13.6. The number of hydrogen-bond acceptors (Lipinski definition) is 4. The van der Waals surface area contributed by atoms with E-state index < -0.39 is 5.60 Å². The number of hydrogen-bond donors (Lipinski definition) is 0. The molecule has 3 aromatic carbocycles. The summed E-state index contributed by atoms with van der Waals surface area (Å²) in [4.78, 5) is 36.3. The Morgan fingerprint density at radius 3 is 2.21 bits per heavy atom. The van der Waals surface area contributed by atoms with Crippen molar-refractivity contribution in [3.05, 3.63) is 107 Å². The van der Waals surface area contributed by atoms with Gasteiger partial charge < -0.3 is 14.6 Å². The molecule has 2 aliphatic heterocycles. The summed E-state index contributed by atoms with van der Waals surface area (Å²) >= 11 is 0. The molecule has 1 saturated heterocycles. The van der Waals surface area contributed by atoms with Gasteiger partial charge in [0.25, 0.3) is 11.8 Å². The quantitative estimate of drug-likeness (QED) is 0.433. The van der Waals surface area contributed by atoms with Crippen LogP contribution in [0.1, 0.15) is 53.2 Å². The van der Waals surface area contributed by atoms with Gasteiger partial charge in [-0.1, -0.05) is 84.0 Å². The molecule has 1 fully saturated rings. The molecule has 0 aromatic heterocycles. The van der Waals surface area contributed by atoms with Crippen LogP contribution in [0.3, 0.4) is 0 Å². The van der Waals surface area contributed by atoms with E-state index >= 15 is 0 Å². The van der Waals surface area contributed by atoms with Crippen LogP contribution in [0.25, 0.3) is 0 Å². The number of likely N-dealkylation sites (tertiary alicyclic amines) is 1. The predicted molar refractivity (Wildman–Crippen MR) is 149 cm³/mol. The largest absolute Gasteiger partial charge is 0.379 e. The highest BCUT2D eigenvalue weighted by Gasteiger charge is 2.44. The van der Waals surface area contributed by atoms with Crippen molar-refractivity contribution < 1.29 is 14.4 Å². The lowest BCUT2D eigenvalue weighted by molar-refractivity contribution is -0.152. The molecule has 6 heteroatoms. The van der Waals surface area contributed by atoms with E-state index in [0.717, 1.165) is 43.5 Å². The summed E-state index contributed by atoms with van der Waals surface area (Å²) in [6, 6.07) is 28.0. The van der Waals surface area contributed by atoms with E-state index in [-0.39, 0.29) is 11.8 Å². The van der Waals surface area contributed by atoms with E-state index in [1.54, 1.807) is 18.9 Å². The maximum Gasteiger partial charge on any atom is 0.269 e. The number of rotatable bonds is 7. The molecule has 6 nitrogen and oxygen atoms in total. The highest BCUT2D eigenvalue weighted by molar-refractivity contribution is 6.12. The fraction of sp³-hybridized carbons (Fsp3) is 0.344. The molecule has 0 saturated carbocycles. The summed E-state index contributed by atoms with van der Waals surface area (Å²) in [5.41, 5.74) is 3.29. The molecule has 2 amide bonds. The number of carbonyl (C=O) groups excluding carboxylic acids is 2. The van der Waals surface area contributed by atoms with Crippen LogP contribution >= 0.6 is 0 Å². The molecule has 1 atom stereocenters. The number of piperidine rings is 1. The average Bonchev–Trinajstić information content (AvgIpc) is 3.36. The minimum absolute atomic E-state index is 0.0163. The molecule has 196 valence electrons. The smallest absolute Gasteiger partial charge is 0.269 e. The zero-order chi connectivity index (χ0) is 26.5. The first kappa shape index (κ1) is 25.7. The Hall–Kier alpha value is -3.93. The summed E-state index contributed by atoms with van der Waals surface area (Å²) < 4.78 is 0. The van der Waals surface area contributed by atoms with Crippen LogP contribution in [-0.4, -0.2) is 53.1 Å². The lowest BCUT2D eigenvalue weighted by atomic mass is 9.89. The summed E-state index contributed by atoms with van der Waals surface area (Å²) in [6.45, 7) is 3.75. The molecule has 0 N–H and O–H groups in total. The van der Waals surface area contributed by atoms with Crippen molar-refractivity contribution in [2.45, 2.75) is 44.8 Å². The van der Waals surface area contributed by atoms with Crippen molar-refractivity contribution in [1.29, 1.82) is 0 Å². The second-order valence-corrected chi connectivity index (χ2v) is 10.7. The molecule has 38 heavy (non-hydrogen) atoms. The van der Waals surface area contributed by atoms with Crippen LogP contribution in [0.4, 0.5) is 0 Å². The van der Waals surface area contributed by atoms with Crippen LogP contribution in [0.5, 0.6) is 0 Å². The Bertz CT molecular complexity index is 1300. The fourth-order valence-electron chi connectivity index (χ4n) is 5.51. The number of oxime groups is 1. The van der Waals surface area contributed by atoms with Gasteiger partial charge in [-0.05, 0) is 49.3 Å². The van der Waals surface area contributed by atoms with Crippen molar-refractivity contribution in [3.63, 3.8) is 0 Å². The topological polar surface area (TPSA) is 62.2 Å². The first-order valence-corrected chi connectivity index (χ1v) is 13.4. The van der Waals surface area contributed by atoms with Crippen LogP contribution in [0.2, 0.25) is 0 Å². The third kappa shape index (κ3) is 5.64. The second kappa shape index (κ2) is 11.2. The Balaban J connectivity index is 1.23. The number of amides is 2. The van der Waals surface area contributed by atoms with Crippen molar-refractivity contribution in [2.24, 2.45) is 11.1 Å². The number of benzene rings is 3. The van der Waals surface area contributed by atoms with Gasteiger partial charge in [-0.15, -0.1) is 0 Å². The highest BCUT2D eigenvalue weighted by atomic mass is 16.7. The fourth-order valence-corrected chi connectivity index (χ4v) is 5.51. The molecule has 0 bridgehead atoms. The van der Waals surface area contributed by atoms with Crippen LogP contribution in [0, 0.1) is 5.92 Å². The molecule has 0 radical (unpaired) electrons. The van der Waals surface area contributed by atoms with E-state index in [1.807, 2.05) is 65.6 Å². The number of carbonyl (C=O) groups is 2. The normalized spacial score (nSPS) is 19.5. The SMILES string of the molecule is CN(Cc1ccccc1)C(=O)C1(C)CC(c2ccccc2C(=O)N2CCC(Cc3ccccc3)CC2)=NO1. The molecule has 5 rings (SSSR count). The number of likely N-dealkylation sites (N-methyl/N-ethyl adjacent to an activating group) is 1. The third-order valence-corrected chi connectivity index (χ3v) is 7.66. The molecule has 1 unspecified atom stereocenters. The monoisotopic (exact) mass is 509 g/mol. The van der Waals surface area contributed by atoms with Gasteiger partial charge in [-0.2, -0.15) is 0 Å². The number of nitrogens with zero attached hydrogens (tertiary/aromatic N) is 3. The molecular weight excluding hydrogens is 474 g/mol. The standard InChI is InChI=1S/C32H35N3O3/c1-32(31(37)34(2)23-26-13-7-4-8-14-26)22-29(33-38-32)27-15-9-10-16-28(27)30(36)35-19-17-25(18-20-35)21-24-11-5-3-6-12-24/h3-16,25H,17-23H2,1-2H3. The van der Waals surface area contributed by atoms with E-state index in [1.165, 1.54) is 5.56 Å². The molecule has 2 aliphatic rings. The van der Waals surface area contributed by atoms with Gasteiger partial charge in [-0.25, -0.2) is 0 Å². The van der Waals surface area contributed by atoms with Gasteiger partial charge in [0.1, 0.15) is 0 Å². The van der Waals surface area contributed by atoms with Gasteiger partial charge in [0.2, 0.25) is 5.60 Å². The Kier molecular flexibility index (Phi) is 7.59. The second-order valence-electron chi connectivity index (χ2n) is 10.7. The van der Waals surface area contributed by atoms with E-state index in [2.05, 4.69) is 29.4 Å². The zero-order valence-corrected chi connectivity index (χ0v) is 22.2. The molecule has 3 aromatic rings. The first-order chi connectivity index (χ1) is 18.4. The highest BCUT2D eigenvalue weighted by Crippen LogP contribution is 2.31. The summed E-state index contributed by atoms with van der Waals surface area (Å²) in [7, 11) is 1.78. The lowest BCUT2D eigenvalue weighted by Gasteiger charge is -2.32. The molecule has 2 heterocycles. The van der Waals surface area contributed by atoms with Crippen LogP contribution in [-0.2, 0) is 22.6 Å². The van der Waals surface area contributed by atoms with Crippen molar-refractivity contribution in [1.82, 2.24) is 9.80 Å². The van der Waals surface area contributed by atoms with Crippen molar-refractivity contribution in [3.8, 4) is 0 Å². The molecule has 0 aliphatic carbocycles. The third-order valence-electron chi connectivity index (χ3n) is 7.66. The van der Waals surface area contributed by atoms with Crippen LogP contribution < -0.4 is 0 Å². The average molecular weight is 510 g/mol. The maximum atomic E-state index is 13.6. The van der Waals surface area contributed by atoms with E-state index in [0.29, 0.717) is 30.2 Å². The van der Waals surface area contributed by atoms with Crippen molar-refractivity contribution >= 4 is 17.5 Å². The summed E-state index contributed by atoms with van der Waals surface area (Å²) in [5.74, 6) is 0.468. The van der Waals surface area contributed by atoms with Gasteiger partial charge in [-0.3, -0.25) is 9.59 Å². The predicted octanol–water partition coefficient (Wildman–Crippen LogP) is 5.32. The summed E-state index contributed by atoms with van der Waals surface area (Å²) in [5, 5.41) is 4.32. The van der Waals surface area contributed by atoms with Gasteiger partial charge in [0.15, 0.2) is 0 Å². The minimum Gasteiger partial charge on any atom is -0.379 e. The van der Waals surface area contributed by atoms with E-state index in [4.69, 9.17) is 4.84 Å². The van der Waals surface area contributed by atoms with Gasteiger partial charge in [0.05, 0.1) is 5.71 Å². The Morgan fingerprint density at radius 1 is 0.921 bits per heavy atom. The zero-order valence-electron chi connectivity index (χ0n) is 22.2. The summed E-state index contributed by atoms with van der Waals surface area (Å²) in [6.07, 6.45) is 3.35. The lowest BCUT2D eigenvalue weighted by Crippen LogP contribution is -2.45. The van der Waals surface area contributed by atoms with Crippen LogP contribution in [0.15, 0.2) is 90.1 Å². The molecular formula is C32H35N3O3. The van der Waals surface area contributed by atoms with Gasteiger partial charge in [0, 0.05) is 44.2 Å². The first-order valence-electron chi connectivity index (χ1n) is 13.4. The Morgan fingerprint density at radius 2 is 1.53 bits per heavy atom. The van der Waals surface area contributed by atoms with Crippen molar-refractivity contribution in [2.75, 3.05) is 20.1 Å². The van der Waals surface area contributed by atoms with Gasteiger partial charge >= 0.3 is 0 Å². The minimum atomic E-state index is -1.11. The molecule has 0 spiro atoms.